The van der Waals surface area contributed by atoms with Gasteiger partial charge in [-0.1, -0.05) is 18.2 Å². The number of carbonyl (C=O) groups is 1. The zero-order chi connectivity index (χ0) is 14.3. The van der Waals surface area contributed by atoms with Gasteiger partial charge in [-0.15, -0.1) is 0 Å². The molecule has 0 atom stereocenters. The molecular weight excluding hydrogens is 261 g/mol. The molecule has 0 bridgehead atoms. The van der Waals surface area contributed by atoms with Gasteiger partial charge >= 0.3 is 6.18 Å². The Morgan fingerprint density at radius 1 is 1.32 bits per heavy atom. The molecule has 3 N–H and O–H groups in total. The number of hydrogen-bond donors (Lipinski definition) is 2. The predicted molar refractivity (Wildman–Crippen MR) is 64.4 cm³/mol. The van der Waals surface area contributed by atoms with Gasteiger partial charge in [0.2, 0.25) is 5.91 Å². The summed E-state index contributed by atoms with van der Waals surface area (Å²) in [5.74, 6) is -0.312. The summed E-state index contributed by atoms with van der Waals surface area (Å²) < 4.78 is 39.6. The standard InChI is InChI=1S/C12H15F3N2O2/c13-12(14,15)8-19-6-5-17-11(18)7-9-3-1-2-4-10(9)16/h1-4H,5-8,16H2,(H,17,18). The van der Waals surface area contributed by atoms with Crippen LogP contribution < -0.4 is 11.1 Å². The molecule has 1 aromatic rings. The van der Waals surface area contributed by atoms with Crippen molar-refractivity contribution in [2.45, 2.75) is 12.6 Å². The monoisotopic (exact) mass is 276 g/mol. The Kier molecular flexibility index (Phi) is 5.62. The second-order valence-electron chi connectivity index (χ2n) is 3.89. The Morgan fingerprint density at radius 2 is 2.00 bits per heavy atom. The van der Waals surface area contributed by atoms with Gasteiger partial charge in [0.25, 0.3) is 0 Å². The van der Waals surface area contributed by atoms with E-state index in [1.54, 1.807) is 24.3 Å². The lowest BCUT2D eigenvalue weighted by molar-refractivity contribution is -0.173. The summed E-state index contributed by atoms with van der Waals surface area (Å²) in [5.41, 5.74) is 6.85. The molecule has 19 heavy (non-hydrogen) atoms. The van der Waals surface area contributed by atoms with Crippen LogP contribution in [0.4, 0.5) is 18.9 Å². The number of nitrogens with one attached hydrogen (secondary N) is 1. The number of ether oxygens (including phenoxy) is 1. The number of nitrogen functional groups attached to an aromatic ring is 1. The van der Waals surface area contributed by atoms with Crippen LogP contribution in [0.15, 0.2) is 24.3 Å². The van der Waals surface area contributed by atoms with Crippen molar-refractivity contribution in [3.8, 4) is 0 Å². The van der Waals surface area contributed by atoms with E-state index >= 15 is 0 Å². The van der Waals surface area contributed by atoms with Gasteiger partial charge in [-0.25, -0.2) is 0 Å². The molecule has 1 aromatic carbocycles. The summed E-state index contributed by atoms with van der Waals surface area (Å²) in [4.78, 5) is 11.5. The Balaban J connectivity index is 2.20. The van der Waals surface area contributed by atoms with Crippen LogP contribution >= 0.6 is 0 Å². The number of para-hydroxylation sites is 1. The van der Waals surface area contributed by atoms with Crippen molar-refractivity contribution in [1.82, 2.24) is 5.32 Å². The second kappa shape index (κ2) is 6.98. The third kappa shape index (κ3) is 6.66. The maximum Gasteiger partial charge on any atom is 0.411 e. The molecule has 1 amide bonds. The van der Waals surface area contributed by atoms with Crippen LogP contribution in [0.5, 0.6) is 0 Å². The third-order valence-electron chi connectivity index (χ3n) is 2.24. The smallest absolute Gasteiger partial charge is 0.398 e. The van der Waals surface area contributed by atoms with Crippen LogP contribution in [-0.2, 0) is 16.0 Å². The van der Waals surface area contributed by atoms with Crippen molar-refractivity contribution in [1.29, 1.82) is 0 Å². The molecule has 4 nitrogen and oxygen atoms in total. The molecule has 0 heterocycles. The highest BCUT2D eigenvalue weighted by Gasteiger charge is 2.27. The summed E-state index contributed by atoms with van der Waals surface area (Å²) in [6.45, 7) is -1.47. The number of benzene rings is 1. The molecule has 0 aliphatic heterocycles. The van der Waals surface area contributed by atoms with E-state index < -0.39 is 12.8 Å². The molecule has 7 heteroatoms. The summed E-state index contributed by atoms with van der Waals surface area (Å²) in [7, 11) is 0. The van der Waals surface area contributed by atoms with Crippen LogP contribution in [0.2, 0.25) is 0 Å². The molecular formula is C12H15F3N2O2. The van der Waals surface area contributed by atoms with Crippen molar-refractivity contribution >= 4 is 11.6 Å². The molecule has 0 aliphatic carbocycles. The fourth-order valence-corrected chi connectivity index (χ4v) is 1.38. The fourth-order valence-electron chi connectivity index (χ4n) is 1.38. The van der Waals surface area contributed by atoms with E-state index in [0.29, 0.717) is 11.3 Å². The molecule has 0 spiro atoms. The van der Waals surface area contributed by atoms with Gasteiger partial charge < -0.3 is 15.8 Å². The molecule has 0 fully saturated rings. The number of anilines is 1. The average molecular weight is 276 g/mol. The SMILES string of the molecule is Nc1ccccc1CC(=O)NCCOCC(F)(F)F. The maximum atomic E-state index is 11.7. The summed E-state index contributed by atoms with van der Waals surface area (Å²) in [6, 6.07) is 6.90. The van der Waals surface area contributed by atoms with Crippen molar-refractivity contribution in [2.75, 3.05) is 25.5 Å². The Hall–Kier alpha value is -1.76. The topological polar surface area (TPSA) is 64.4 Å². The van der Waals surface area contributed by atoms with Gasteiger partial charge in [-0.05, 0) is 11.6 Å². The Bertz CT molecular complexity index is 422. The van der Waals surface area contributed by atoms with Gasteiger partial charge in [-0.3, -0.25) is 4.79 Å². The summed E-state index contributed by atoms with van der Waals surface area (Å²) in [5, 5.41) is 2.46. The minimum Gasteiger partial charge on any atom is -0.398 e. The predicted octanol–water partition coefficient (Wildman–Crippen LogP) is 1.51. The molecule has 0 aliphatic rings. The highest BCUT2D eigenvalue weighted by atomic mass is 19.4. The van der Waals surface area contributed by atoms with E-state index in [-0.39, 0.29) is 25.5 Å². The molecule has 1 rings (SSSR count). The van der Waals surface area contributed by atoms with Gasteiger partial charge in [0.1, 0.15) is 6.61 Å². The van der Waals surface area contributed by atoms with Gasteiger partial charge in [0, 0.05) is 12.2 Å². The maximum absolute atomic E-state index is 11.7. The van der Waals surface area contributed by atoms with Crippen molar-refractivity contribution in [3.63, 3.8) is 0 Å². The number of alkyl halides is 3. The lowest BCUT2D eigenvalue weighted by Crippen LogP contribution is -2.30. The first-order valence-corrected chi connectivity index (χ1v) is 5.63. The highest BCUT2D eigenvalue weighted by molar-refractivity contribution is 5.80. The largest absolute Gasteiger partial charge is 0.411 e. The molecule has 106 valence electrons. The molecule has 0 radical (unpaired) electrons. The van der Waals surface area contributed by atoms with Crippen LogP contribution in [-0.4, -0.2) is 31.8 Å². The average Bonchev–Trinajstić information content (AvgIpc) is 2.30. The van der Waals surface area contributed by atoms with E-state index in [0.717, 1.165) is 0 Å². The Morgan fingerprint density at radius 3 is 2.63 bits per heavy atom. The van der Waals surface area contributed by atoms with Gasteiger partial charge in [0.05, 0.1) is 13.0 Å². The first kappa shape index (κ1) is 15.3. The van der Waals surface area contributed by atoms with E-state index in [4.69, 9.17) is 5.73 Å². The number of halogens is 3. The van der Waals surface area contributed by atoms with E-state index in [1.807, 2.05) is 0 Å². The normalized spacial score (nSPS) is 11.3. The van der Waals surface area contributed by atoms with Gasteiger partial charge in [0.15, 0.2) is 0 Å². The molecule has 0 aromatic heterocycles. The highest BCUT2D eigenvalue weighted by Crippen LogP contribution is 2.14. The van der Waals surface area contributed by atoms with E-state index in [1.165, 1.54) is 0 Å². The van der Waals surface area contributed by atoms with Crippen LogP contribution in [0.25, 0.3) is 0 Å². The van der Waals surface area contributed by atoms with Crippen molar-refractivity contribution in [2.24, 2.45) is 0 Å². The van der Waals surface area contributed by atoms with E-state index in [2.05, 4.69) is 10.1 Å². The fraction of sp³-hybridized carbons (Fsp3) is 0.417. The molecule has 0 unspecified atom stereocenters. The lowest BCUT2D eigenvalue weighted by atomic mass is 10.1. The lowest BCUT2D eigenvalue weighted by Gasteiger charge is -2.09. The van der Waals surface area contributed by atoms with Gasteiger partial charge in [-0.2, -0.15) is 13.2 Å². The number of rotatable bonds is 6. The number of nitrogens with two attached hydrogens (primary N) is 1. The zero-order valence-corrected chi connectivity index (χ0v) is 10.2. The summed E-state index contributed by atoms with van der Waals surface area (Å²) in [6.07, 6.45) is -4.26. The quantitative estimate of drug-likeness (QED) is 0.611. The van der Waals surface area contributed by atoms with Crippen LogP contribution in [0, 0.1) is 0 Å². The van der Waals surface area contributed by atoms with Crippen molar-refractivity contribution < 1.29 is 22.7 Å². The van der Waals surface area contributed by atoms with Crippen molar-refractivity contribution in [3.05, 3.63) is 29.8 Å². The zero-order valence-electron chi connectivity index (χ0n) is 10.2. The number of amides is 1. The molecule has 0 saturated carbocycles. The summed E-state index contributed by atoms with van der Waals surface area (Å²) >= 11 is 0. The second-order valence-corrected chi connectivity index (χ2v) is 3.89. The minimum absolute atomic E-state index is 0.0294. The minimum atomic E-state index is -4.34. The van der Waals surface area contributed by atoms with Crippen LogP contribution in [0.3, 0.4) is 0 Å². The third-order valence-corrected chi connectivity index (χ3v) is 2.24. The van der Waals surface area contributed by atoms with E-state index in [9.17, 15) is 18.0 Å². The number of carbonyl (C=O) groups excluding carboxylic acids is 1. The first-order chi connectivity index (χ1) is 8.88. The number of hydrogen-bond acceptors (Lipinski definition) is 3. The Labute approximate surface area is 108 Å². The molecule has 0 saturated heterocycles. The van der Waals surface area contributed by atoms with Crippen LogP contribution in [0.1, 0.15) is 5.56 Å². The first-order valence-electron chi connectivity index (χ1n) is 5.63.